The van der Waals surface area contributed by atoms with Crippen molar-refractivity contribution >= 4 is 11.8 Å². The first-order valence-electron chi connectivity index (χ1n) is 5.08. The number of thioether (sulfide) groups is 1. The summed E-state index contributed by atoms with van der Waals surface area (Å²) >= 11 is 2.14. The molecule has 0 aromatic rings. The van der Waals surface area contributed by atoms with Crippen LogP contribution < -0.4 is 5.32 Å². The Labute approximate surface area is 79.7 Å². The fourth-order valence-corrected chi connectivity index (χ4v) is 3.99. The van der Waals surface area contributed by atoms with Crippen LogP contribution in [-0.2, 0) is 0 Å². The molecule has 1 heterocycles. The molecule has 70 valence electrons. The molecule has 0 amide bonds. The molecule has 0 radical (unpaired) electrons. The number of hydrogen-bond donors (Lipinski definition) is 1. The molecule has 1 aliphatic carbocycles. The summed E-state index contributed by atoms with van der Waals surface area (Å²) in [7, 11) is 0. The van der Waals surface area contributed by atoms with Crippen LogP contribution in [0.3, 0.4) is 0 Å². The van der Waals surface area contributed by atoms with Crippen molar-refractivity contribution in [2.75, 3.05) is 5.75 Å². The second kappa shape index (κ2) is 3.22. The Morgan fingerprint density at radius 1 is 1.33 bits per heavy atom. The van der Waals surface area contributed by atoms with Crippen molar-refractivity contribution in [1.29, 1.82) is 0 Å². The van der Waals surface area contributed by atoms with E-state index in [4.69, 9.17) is 0 Å². The lowest BCUT2D eigenvalue weighted by molar-refractivity contribution is 0.289. The highest BCUT2D eigenvalue weighted by Crippen LogP contribution is 2.46. The van der Waals surface area contributed by atoms with Gasteiger partial charge in [0, 0.05) is 11.8 Å². The molecule has 1 aliphatic heterocycles. The minimum atomic E-state index is 0.607. The van der Waals surface area contributed by atoms with Crippen LogP contribution in [0, 0.1) is 5.41 Å². The van der Waals surface area contributed by atoms with Crippen molar-refractivity contribution in [1.82, 2.24) is 5.32 Å². The molecule has 0 spiro atoms. The largest absolute Gasteiger partial charge is 0.302 e. The molecule has 1 saturated carbocycles. The number of hydrogen-bond acceptors (Lipinski definition) is 2. The molecule has 2 aliphatic rings. The highest BCUT2D eigenvalue weighted by Gasteiger charge is 2.40. The first kappa shape index (κ1) is 8.89. The summed E-state index contributed by atoms with van der Waals surface area (Å²) in [6.07, 6.45) is 5.77. The molecular formula is C10H19NS. The van der Waals surface area contributed by atoms with E-state index in [2.05, 4.69) is 30.9 Å². The van der Waals surface area contributed by atoms with Crippen molar-refractivity contribution < 1.29 is 0 Å². The Kier molecular flexibility index (Phi) is 2.39. The lowest BCUT2D eigenvalue weighted by Crippen LogP contribution is -2.38. The molecule has 2 heteroatoms. The molecule has 2 fully saturated rings. The van der Waals surface area contributed by atoms with E-state index in [0.29, 0.717) is 5.41 Å². The second-order valence-corrected chi connectivity index (χ2v) is 5.78. The molecule has 0 aromatic heterocycles. The van der Waals surface area contributed by atoms with Gasteiger partial charge in [-0.15, -0.1) is 11.8 Å². The number of nitrogens with one attached hydrogen (secondary N) is 1. The van der Waals surface area contributed by atoms with Gasteiger partial charge in [-0.3, -0.25) is 0 Å². The van der Waals surface area contributed by atoms with E-state index in [1.54, 1.807) is 0 Å². The maximum atomic E-state index is 3.70. The van der Waals surface area contributed by atoms with Crippen LogP contribution in [0.1, 0.15) is 39.5 Å². The van der Waals surface area contributed by atoms with Crippen LogP contribution in [0.25, 0.3) is 0 Å². The minimum absolute atomic E-state index is 0.607. The van der Waals surface area contributed by atoms with E-state index in [9.17, 15) is 0 Å². The summed E-state index contributed by atoms with van der Waals surface area (Å²) in [5.74, 6) is 1.31. The fraction of sp³-hybridized carbons (Fsp3) is 1.00. The van der Waals surface area contributed by atoms with Crippen LogP contribution in [-0.4, -0.2) is 17.2 Å². The third-order valence-corrected chi connectivity index (χ3v) is 5.06. The quantitative estimate of drug-likeness (QED) is 0.674. The van der Waals surface area contributed by atoms with Crippen LogP contribution in [0.4, 0.5) is 0 Å². The smallest absolute Gasteiger partial charge is 0.0589 e. The molecular weight excluding hydrogens is 166 g/mol. The predicted octanol–water partition coefficient (Wildman–Crippen LogP) is 2.62. The third-order valence-electron chi connectivity index (χ3n) is 3.33. The normalized spacial score (nSPS) is 40.5. The van der Waals surface area contributed by atoms with Gasteiger partial charge in [0.25, 0.3) is 0 Å². The highest BCUT2D eigenvalue weighted by molar-refractivity contribution is 8.00. The SMILES string of the molecule is CC1CSC(C2(C)CCCC2)N1. The first-order chi connectivity index (χ1) is 5.71. The van der Waals surface area contributed by atoms with E-state index in [0.717, 1.165) is 11.4 Å². The summed E-state index contributed by atoms with van der Waals surface area (Å²) in [5, 5.41) is 4.44. The topological polar surface area (TPSA) is 12.0 Å². The van der Waals surface area contributed by atoms with Gasteiger partial charge >= 0.3 is 0 Å². The molecule has 1 N–H and O–H groups in total. The van der Waals surface area contributed by atoms with Crippen molar-refractivity contribution in [2.45, 2.75) is 50.9 Å². The Morgan fingerprint density at radius 3 is 2.50 bits per heavy atom. The Bertz CT molecular complexity index is 163. The summed E-state index contributed by atoms with van der Waals surface area (Å²) < 4.78 is 0. The maximum absolute atomic E-state index is 3.70. The zero-order chi connectivity index (χ0) is 8.60. The van der Waals surface area contributed by atoms with E-state index >= 15 is 0 Å². The first-order valence-corrected chi connectivity index (χ1v) is 6.13. The molecule has 1 nitrogen and oxygen atoms in total. The lowest BCUT2D eigenvalue weighted by Gasteiger charge is -2.30. The van der Waals surface area contributed by atoms with E-state index in [1.165, 1.54) is 31.4 Å². The van der Waals surface area contributed by atoms with E-state index in [1.807, 2.05) is 0 Å². The van der Waals surface area contributed by atoms with Gasteiger partial charge in [0.05, 0.1) is 5.37 Å². The summed E-state index contributed by atoms with van der Waals surface area (Å²) in [6.45, 7) is 4.76. The zero-order valence-corrected chi connectivity index (χ0v) is 8.91. The van der Waals surface area contributed by atoms with Crippen LogP contribution in [0.2, 0.25) is 0 Å². The van der Waals surface area contributed by atoms with Crippen molar-refractivity contribution in [3.63, 3.8) is 0 Å². The van der Waals surface area contributed by atoms with Gasteiger partial charge in [0.1, 0.15) is 0 Å². The highest BCUT2D eigenvalue weighted by atomic mass is 32.2. The minimum Gasteiger partial charge on any atom is -0.302 e. The van der Waals surface area contributed by atoms with Crippen molar-refractivity contribution in [2.24, 2.45) is 5.41 Å². The average Bonchev–Trinajstić information content (AvgIpc) is 2.59. The summed E-state index contributed by atoms with van der Waals surface area (Å²) in [5.41, 5.74) is 0.607. The maximum Gasteiger partial charge on any atom is 0.0589 e. The molecule has 2 atom stereocenters. The second-order valence-electron chi connectivity index (χ2n) is 4.64. The molecule has 0 aromatic carbocycles. The third kappa shape index (κ3) is 1.51. The van der Waals surface area contributed by atoms with E-state index in [-0.39, 0.29) is 0 Å². The molecule has 0 bridgehead atoms. The Morgan fingerprint density at radius 2 is 2.00 bits per heavy atom. The Hall–Kier alpha value is 0.310. The van der Waals surface area contributed by atoms with Gasteiger partial charge in [-0.1, -0.05) is 19.8 Å². The van der Waals surface area contributed by atoms with Crippen molar-refractivity contribution in [3.05, 3.63) is 0 Å². The van der Waals surface area contributed by atoms with Gasteiger partial charge in [0.15, 0.2) is 0 Å². The molecule has 12 heavy (non-hydrogen) atoms. The van der Waals surface area contributed by atoms with Crippen LogP contribution >= 0.6 is 11.8 Å². The Balaban J connectivity index is 1.99. The summed E-state index contributed by atoms with van der Waals surface area (Å²) in [6, 6.07) is 0.734. The lowest BCUT2D eigenvalue weighted by atomic mass is 9.88. The predicted molar refractivity (Wildman–Crippen MR) is 55.4 cm³/mol. The monoisotopic (exact) mass is 185 g/mol. The fourth-order valence-electron chi connectivity index (χ4n) is 2.44. The van der Waals surface area contributed by atoms with Gasteiger partial charge < -0.3 is 5.32 Å². The average molecular weight is 185 g/mol. The zero-order valence-electron chi connectivity index (χ0n) is 8.10. The van der Waals surface area contributed by atoms with Crippen molar-refractivity contribution in [3.8, 4) is 0 Å². The van der Waals surface area contributed by atoms with Crippen LogP contribution in [0.5, 0.6) is 0 Å². The van der Waals surface area contributed by atoms with E-state index < -0.39 is 0 Å². The number of rotatable bonds is 1. The van der Waals surface area contributed by atoms with Gasteiger partial charge in [-0.25, -0.2) is 0 Å². The van der Waals surface area contributed by atoms with Crippen LogP contribution in [0.15, 0.2) is 0 Å². The van der Waals surface area contributed by atoms with Gasteiger partial charge in [0.2, 0.25) is 0 Å². The molecule has 2 unspecified atom stereocenters. The van der Waals surface area contributed by atoms with Gasteiger partial charge in [-0.05, 0) is 25.2 Å². The molecule has 2 rings (SSSR count). The standard InChI is InChI=1S/C10H19NS/c1-8-7-12-9(11-8)10(2)5-3-4-6-10/h8-9,11H,3-7H2,1-2H3. The van der Waals surface area contributed by atoms with Gasteiger partial charge in [-0.2, -0.15) is 0 Å². The summed E-state index contributed by atoms with van der Waals surface area (Å²) in [4.78, 5) is 0. The molecule has 1 saturated heterocycles.